The molecule has 0 bridgehead atoms. The van der Waals surface area contributed by atoms with Crippen LogP contribution in [0.5, 0.6) is 0 Å². The molecule has 2 aromatic heterocycles. The van der Waals surface area contributed by atoms with Crippen LogP contribution in [-0.2, 0) is 6.42 Å². The van der Waals surface area contributed by atoms with Crippen molar-refractivity contribution < 1.29 is 4.79 Å². The van der Waals surface area contributed by atoms with Crippen molar-refractivity contribution in [1.29, 1.82) is 0 Å². The van der Waals surface area contributed by atoms with Crippen LogP contribution >= 0.6 is 0 Å². The normalized spacial score (nSPS) is 16.4. The molecular weight excluding hydrogens is 390 g/mol. The second kappa shape index (κ2) is 8.51. The number of rotatable bonds is 5. The molecule has 1 fully saturated rings. The summed E-state index contributed by atoms with van der Waals surface area (Å²) in [6.07, 6.45) is 10.5. The number of carbonyl (C=O) groups excluding carboxylic acids is 1. The van der Waals surface area contributed by atoms with Gasteiger partial charge in [0.2, 0.25) is 0 Å². The van der Waals surface area contributed by atoms with Gasteiger partial charge < -0.3 is 4.90 Å². The van der Waals surface area contributed by atoms with Gasteiger partial charge in [0.25, 0.3) is 5.91 Å². The van der Waals surface area contributed by atoms with Gasteiger partial charge in [0.05, 0.1) is 41.7 Å². The van der Waals surface area contributed by atoms with E-state index < -0.39 is 0 Å². The minimum absolute atomic E-state index is 0.0301. The van der Waals surface area contributed by atoms with E-state index >= 15 is 0 Å². The zero-order valence-electron chi connectivity index (χ0n) is 17.1. The number of hydrogen-bond acceptors (Lipinski definition) is 5. The lowest BCUT2D eigenvalue weighted by atomic mass is 9.94. The van der Waals surface area contributed by atoms with E-state index in [1.165, 1.54) is 10.4 Å². The Bertz CT molecular complexity index is 1150. The molecule has 0 spiro atoms. The molecule has 0 aliphatic carbocycles. The van der Waals surface area contributed by atoms with Crippen LogP contribution in [0.3, 0.4) is 0 Å². The van der Waals surface area contributed by atoms with Crippen molar-refractivity contribution >= 4 is 5.91 Å². The van der Waals surface area contributed by atoms with Gasteiger partial charge >= 0.3 is 0 Å². The number of likely N-dealkylation sites (tertiary alicyclic amines) is 1. The first-order chi connectivity index (χ1) is 15.3. The lowest BCUT2D eigenvalue weighted by Gasteiger charge is -2.36. The highest BCUT2D eigenvalue weighted by atomic mass is 16.2. The highest BCUT2D eigenvalue weighted by Crippen LogP contribution is 2.25. The molecule has 5 rings (SSSR count). The third-order valence-corrected chi connectivity index (χ3v) is 5.69. The SMILES string of the molecule is O=C(c1ccccc1-n1nccn1)N1CCCC[C@H]1Cc1cccc(-n2nccn2)c1. The van der Waals surface area contributed by atoms with Gasteiger partial charge in [-0.05, 0) is 55.5 Å². The highest BCUT2D eigenvalue weighted by Gasteiger charge is 2.29. The van der Waals surface area contributed by atoms with Crippen molar-refractivity contribution in [3.05, 3.63) is 84.4 Å². The summed E-state index contributed by atoms with van der Waals surface area (Å²) in [4.78, 5) is 18.7. The Morgan fingerprint density at radius 3 is 2.42 bits per heavy atom. The molecule has 4 aromatic rings. The average Bonchev–Trinajstić information content (AvgIpc) is 3.54. The maximum atomic E-state index is 13.6. The van der Waals surface area contributed by atoms with Crippen LogP contribution in [0.2, 0.25) is 0 Å². The maximum Gasteiger partial charge on any atom is 0.256 e. The topological polar surface area (TPSA) is 81.7 Å². The molecule has 0 radical (unpaired) electrons. The Hall–Kier alpha value is -3.81. The van der Waals surface area contributed by atoms with E-state index in [2.05, 4.69) is 32.5 Å². The third kappa shape index (κ3) is 3.96. The van der Waals surface area contributed by atoms with Crippen LogP contribution in [0.1, 0.15) is 35.2 Å². The van der Waals surface area contributed by atoms with Crippen LogP contribution < -0.4 is 0 Å². The Kier molecular flexibility index (Phi) is 5.26. The van der Waals surface area contributed by atoms with Crippen molar-refractivity contribution in [3.63, 3.8) is 0 Å². The summed E-state index contributed by atoms with van der Waals surface area (Å²) >= 11 is 0. The monoisotopic (exact) mass is 413 g/mol. The summed E-state index contributed by atoms with van der Waals surface area (Å²) in [5.41, 5.74) is 3.42. The van der Waals surface area contributed by atoms with E-state index in [1.807, 2.05) is 41.3 Å². The molecule has 0 saturated carbocycles. The zero-order valence-corrected chi connectivity index (χ0v) is 17.1. The van der Waals surface area contributed by atoms with Gasteiger partial charge in [0.15, 0.2) is 0 Å². The summed E-state index contributed by atoms with van der Waals surface area (Å²) in [6, 6.07) is 15.9. The first kappa shape index (κ1) is 19.2. The molecule has 156 valence electrons. The first-order valence-corrected chi connectivity index (χ1v) is 10.5. The van der Waals surface area contributed by atoms with Crippen molar-refractivity contribution in [2.45, 2.75) is 31.7 Å². The number of nitrogens with zero attached hydrogens (tertiary/aromatic N) is 7. The summed E-state index contributed by atoms with van der Waals surface area (Å²) < 4.78 is 0. The fourth-order valence-electron chi connectivity index (χ4n) is 4.23. The van der Waals surface area contributed by atoms with Crippen LogP contribution in [0.15, 0.2) is 73.3 Å². The van der Waals surface area contributed by atoms with Gasteiger partial charge in [-0.3, -0.25) is 4.79 Å². The molecule has 0 unspecified atom stereocenters. The van der Waals surface area contributed by atoms with Crippen molar-refractivity contribution in [2.24, 2.45) is 0 Å². The number of piperidine rings is 1. The summed E-state index contributed by atoms with van der Waals surface area (Å²) in [6.45, 7) is 0.755. The quantitative estimate of drug-likeness (QED) is 0.502. The number of benzene rings is 2. The standard InChI is InChI=1S/C23H23N7O/c31-23(21-9-1-2-10-22(21)30-26-13-14-27-30)28-15-4-3-7-19(28)16-18-6-5-8-20(17-18)29-24-11-12-25-29/h1-2,5-6,8-14,17,19H,3-4,7,15-16H2/t19-/m0/s1. The van der Waals surface area contributed by atoms with Crippen LogP contribution in [0.25, 0.3) is 11.4 Å². The molecule has 1 amide bonds. The predicted molar refractivity (Wildman–Crippen MR) is 115 cm³/mol. The molecule has 1 saturated heterocycles. The fourth-order valence-corrected chi connectivity index (χ4v) is 4.23. The smallest absolute Gasteiger partial charge is 0.256 e. The van der Waals surface area contributed by atoms with Gasteiger partial charge in [-0.2, -0.15) is 30.0 Å². The predicted octanol–water partition coefficient (Wildman–Crippen LogP) is 3.09. The van der Waals surface area contributed by atoms with Gasteiger partial charge in [0, 0.05) is 12.6 Å². The second-order valence-corrected chi connectivity index (χ2v) is 7.68. The number of para-hydroxylation sites is 1. The van der Waals surface area contributed by atoms with E-state index in [4.69, 9.17) is 0 Å². The lowest BCUT2D eigenvalue weighted by molar-refractivity contribution is 0.0613. The number of hydrogen-bond donors (Lipinski definition) is 0. The van der Waals surface area contributed by atoms with E-state index in [0.29, 0.717) is 11.3 Å². The van der Waals surface area contributed by atoms with E-state index in [9.17, 15) is 4.79 Å². The van der Waals surface area contributed by atoms with Crippen LogP contribution in [0.4, 0.5) is 0 Å². The Morgan fingerprint density at radius 1 is 0.871 bits per heavy atom. The molecule has 1 aliphatic rings. The fraction of sp³-hybridized carbons (Fsp3) is 0.261. The highest BCUT2D eigenvalue weighted by molar-refractivity contribution is 5.98. The summed E-state index contributed by atoms with van der Waals surface area (Å²) in [5, 5.41) is 16.9. The number of aromatic nitrogens is 6. The Labute approximate surface area is 180 Å². The van der Waals surface area contributed by atoms with Crippen LogP contribution in [0, 0.1) is 0 Å². The van der Waals surface area contributed by atoms with Crippen molar-refractivity contribution in [2.75, 3.05) is 6.54 Å². The molecule has 3 heterocycles. The molecular formula is C23H23N7O. The molecule has 1 aliphatic heterocycles. The van der Waals surface area contributed by atoms with Crippen molar-refractivity contribution in [1.82, 2.24) is 34.9 Å². The minimum atomic E-state index is 0.0301. The minimum Gasteiger partial charge on any atom is -0.335 e. The first-order valence-electron chi connectivity index (χ1n) is 10.5. The molecule has 2 aromatic carbocycles. The molecule has 8 nitrogen and oxygen atoms in total. The van der Waals surface area contributed by atoms with Gasteiger partial charge in [-0.15, -0.1) is 0 Å². The van der Waals surface area contributed by atoms with E-state index in [1.54, 1.807) is 29.6 Å². The second-order valence-electron chi connectivity index (χ2n) is 7.68. The van der Waals surface area contributed by atoms with Crippen molar-refractivity contribution in [3.8, 4) is 11.4 Å². The lowest BCUT2D eigenvalue weighted by Crippen LogP contribution is -2.45. The third-order valence-electron chi connectivity index (χ3n) is 5.69. The number of carbonyl (C=O) groups is 1. The maximum absolute atomic E-state index is 13.6. The molecule has 1 atom stereocenters. The Balaban J connectivity index is 1.41. The summed E-state index contributed by atoms with van der Waals surface area (Å²) in [7, 11) is 0. The largest absolute Gasteiger partial charge is 0.335 e. The van der Waals surface area contributed by atoms with Gasteiger partial charge in [0.1, 0.15) is 0 Å². The Morgan fingerprint density at radius 2 is 1.61 bits per heavy atom. The van der Waals surface area contributed by atoms with E-state index in [0.717, 1.165) is 37.9 Å². The molecule has 0 N–H and O–H groups in total. The van der Waals surface area contributed by atoms with Gasteiger partial charge in [-0.25, -0.2) is 0 Å². The summed E-state index contributed by atoms with van der Waals surface area (Å²) in [5.74, 6) is 0.0301. The van der Waals surface area contributed by atoms with Gasteiger partial charge in [-0.1, -0.05) is 24.3 Å². The number of amides is 1. The van der Waals surface area contributed by atoms with E-state index in [-0.39, 0.29) is 11.9 Å². The molecule has 31 heavy (non-hydrogen) atoms. The molecule has 8 heteroatoms. The van der Waals surface area contributed by atoms with Crippen LogP contribution in [-0.4, -0.2) is 53.4 Å². The average molecular weight is 413 g/mol. The zero-order chi connectivity index (χ0) is 21.0.